The molecular weight excluding hydrogens is 330 g/mol. The Balaban J connectivity index is 1.38. The van der Waals surface area contributed by atoms with Gasteiger partial charge in [-0.1, -0.05) is 18.2 Å². The highest BCUT2D eigenvalue weighted by molar-refractivity contribution is 5.80. The molecule has 1 saturated heterocycles. The molecule has 1 atom stereocenters. The van der Waals surface area contributed by atoms with Crippen LogP contribution in [0.4, 0.5) is 0 Å². The predicted octanol–water partition coefficient (Wildman–Crippen LogP) is 3.07. The van der Waals surface area contributed by atoms with E-state index in [4.69, 9.17) is 13.9 Å². The molecule has 142 valence electrons. The molecule has 0 radical (unpaired) electrons. The molecule has 2 N–H and O–H groups in total. The zero-order chi connectivity index (χ0) is 18.0. The molecule has 0 amide bonds. The van der Waals surface area contributed by atoms with Crippen molar-refractivity contribution in [2.75, 3.05) is 32.9 Å². The average molecular weight is 359 g/mol. The minimum absolute atomic E-state index is 0.297. The smallest absolute Gasteiger partial charge is 0.191 e. The van der Waals surface area contributed by atoms with Gasteiger partial charge in [0.1, 0.15) is 17.9 Å². The van der Waals surface area contributed by atoms with Gasteiger partial charge in [-0.2, -0.15) is 0 Å². The summed E-state index contributed by atoms with van der Waals surface area (Å²) in [5, 5.41) is 7.71. The maximum atomic E-state index is 5.81. The van der Waals surface area contributed by atoms with Gasteiger partial charge in [0, 0.05) is 31.7 Å². The van der Waals surface area contributed by atoms with E-state index in [9.17, 15) is 0 Å². The van der Waals surface area contributed by atoms with E-state index in [0.717, 1.165) is 68.3 Å². The van der Waals surface area contributed by atoms with Crippen LogP contribution in [0.2, 0.25) is 0 Å². The number of benzene rings is 1. The number of hydrogen-bond acceptors (Lipinski definition) is 4. The Morgan fingerprint density at radius 3 is 3.04 bits per heavy atom. The van der Waals surface area contributed by atoms with Gasteiger partial charge in [-0.05, 0) is 38.3 Å². The molecule has 3 rings (SSSR count). The summed E-state index contributed by atoms with van der Waals surface area (Å²) in [5.41, 5.74) is 0.902. The number of ether oxygens (including phenoxy) is 2. The molecule has 2 heterocycles. The standard InChI is InChI=1S/C20H29N3O3/c1-2-21-20(22-10-6-11-24-15-17-8-5-12-25-17)23-14-18-13-16-7-3-4-9-19(16)26-18/h3-4,7,9,13,17H,2,5-6,8,10-12,14-15H2,1H3,(H2,21,22,23). The van der Waals surface area contributed by atoms with Gasteiger partial charge in [0.2, 0.25) is 0 Å². The molecule has 0 saturated carbocycles. The zero-order valence-corrected chi connectivity index (χ0v) is 15.5. The van der Waals surface area contributed by atoms with Gasteiger partial charge in [0.15, 0.2) is 5.96 Å². The van der Waals surface area contributed by atoms with Crippen LogP contribution in [0.5, 0.6) is 0 Å². The highest BCUT2D eigenvalue weighted by Gasteiger charge is 2.14. The van der Waals surface area contributed by atoms with Crippen LogP contribution < -0.4 is 10.6 Å². The fraction of sp³-hybridized carbons (Fsp3) is 0.550. The number of para-hydroxylation sites is 1. The third kappa shape index (κ3) is 5.75. The molecule has 1 aliphatic rings. The van der Waals surface area contributed by atoms with E-state index in [1.54, 1.807) is 0 Å². The molecule has 0 aliphatic carbocycles. The van der Waals surface area contributed by atoms with E-state index in [2.05, 4.69) is 22.5 Å². The predicted molar refractivity (Wildman–Crippen MR) is 103 cm³/mol. The van der Waals surface area contributed by atoms with Crippen molar-refractivity contribution >= 4 is 16.9 Å². The van der Waals surface area contributed by atoms with Gasteiger partial charge in [0.05, 0.1) is 12.7 Å². The molecule has 1 aliphatic heterocycles. The Morgan fingerprint density at radius 1 is 1.31 bits per heavy atom. The monoisotopic (exact) mass is 359 g/mol. The van der Waals surface area contributed by atoms with Crippen molar-refractivity contribution in [2.45, 2.75) is 38.8 Å². The van der Waals surface area contributed by atoms with Crippen LogP contribution >= 0.6 is 0 Å². The van der Waals surface area contributed by atoms with Crippen molar-refractivity contribution in [1.29, 1.82) is 0 Å². The summed E-state index contributed by atoms with van der Waals surface area (Å²) in [4.78, 5) is 4.60. The fourth-order valence-electron chi connectivity index (χ4n) is 2.99. The summed E-state index contributed by atoms with van der Waals surface area (Å²) < 4.78 is 17.0. The van der Waals surface area contributed by atoms with Gasteiger partial charge in [-0.15, -0.1) is 0 Å². The van der Waals surface area contributed by atoms with E-state index in [1.165, 1.54) is 0 Å². The van der Waals surface area contributed by atoms with Crippen LogP contribution in [0.15, 0.2) is 39.7 Å². The number of aliphatic imine (C=N–C) groups is 1. The first-order chi connectivity index (χ1) is 12.8. The molecule has 26 heavy (non-hydrogen) atoms. The zero-order valence-electron chi connectivity index (χ0n) is 15.5. The minimum Gasteiger partial charge on any atom is -0.459 e. The van der Waals surface area contributed by atoms with Gasteiger partial charge in [-0.3, -0.25) is 0 Å². The average Bonchev–Trinajstić information content (AvgIpc) is 3.31. The summed E-state index contributed by atoms with van der Waals surface area (Å²) in [5.74, 6) is 1.66. The first kappa shape index (κ1) is 18.7. The second kappa shape index (κ2) is 10.2. The summed E-state index contributed by atoms with van der Waals surface area (Å²) >= 11 is 0. The van der Waals surface area contributed by atoms with Crippen LogP contribution in [0.3, 0.4) is 0 Å². The molecule has 1 aromatic carbocycles. The van der Waals surface area contributed by atoms with Crippen molar-refractivity contribution in [1.82, 2.24) is 10.6 Å². The Morgan fingerprint density at radius 2 is 2.23 bits per heavy atom. The Kier molecular flexibility index (Phi) is 7.34. The van der Waals surface area contributed by atoms with Gasteiger partial charge in [0.25, 0.3) is 0 Å². The minimum atomic E-state index is 0.297. The van der Waals surface area contributed by atoms with Gasteiger partial charge < -0.3 is 24.5 Å². The van der Waals surface area contributed by atoms with E-state index in [1.807, 2.05) is 30.3 Å². The summed E-state index contributed by atoms with van der Waals surface area (Å²) in [6.07, 6.45) is 3.51. The van der Waals surface area contributed by atoms with Crippen LogP contribution in [0.25, 0.3) is 11.0 Å². The second-order valence-electron chi connectivity index (χ2n) is 6.44. The van der Waals surface area contributed by atoms with E-state index in [0.29, 0.717) is 19.3 Å². The Labute approximate surface area is 155 Å². The SMILES string of the molecule is CCNC(=NCc1cc2ccccc2o1)NCCCOCC1CCCO1. The summed E-state index contributed by atoms with van der Waals surface area (Å²) in [6.45, 7) is 6.53. The van der Waals surface area contributed by atoms with Gasteiger partial charge in [-0.25, -0.2) is 4.99 Å². The number of guanidine groups is 1. The van der Waals surface area contributed by atoms with E-state index in [-0.39, 0.29) is 0 Å². The topological polar surface area (TPSA) is 68.0 Å². The largest absolute Gasteiger partial charge is 0.459 e. The fourth-order valence-corrected chi connectivity index (χ4v) is 2.99. The molecule has 1 aromatic heterocycles. The van der Waals surface area contributed by atoms with E-state index < -0.39 is 0 Å². The maximum Gasteiger partial charge on any atom is 0.191 e. The normalized spacial score (nSPS) is 17.7. The van der Waals surface area contributed by atoms with Crippen LogP contribution in [-0.4, -0.2) is 45.0 Å². The van der Waals surface area contributed by atoms with Crippen LogP contribution in [0, 0.1) is 0 Å². The third-order valence-electron chi connectivity index (χ3n) is 4.30. The Hall–Kier alpha value is -2.05. The lowest BCUT2D eigenvalue weighted by atomic mass is 10.2. The van der Waals surface area contributed by atoms with Crippen molar-refractivity contribution < 1.29 is 13.9 Å². The molecular formula is C20H29N3O3. The molecule has 0 bridgehead atoms. The number of furan rings is 1. The first-order valence-corrected chi connectivity index (χ1v) is 9.54. The number of hydrogen-bond donors (Lipinski definition) is 2. The van der Waals surface area contributed by atoms with Crippen molar-refractivity contribution in [3.8, 4) is 0 Å². The quantitative estimate of drug-likeness (QED) is 0.409. The third-order valence-corrected chi connectivity index (χ3v) is 4.30. The van der Waals surface area contributed by atoms with Crippen LogP contribution in [-0.2, 0) is 16.0 Å². The lowest BCUT2D eigenvalue weighted by Gasteiger charge is -2.12. The first-order valence-electron chi connectivity index (χ1n) is 9.54. The molecule has 1 fully saturated rings. The summed E-state index contributed by atoms with van der Waals surface area (Å²) in [7, 11) is 0. The molecule has 0 spiro atoms. The second-order valence-corrected chi connectivity index (χ2v) is 6.44. The van der Waals surface area contributed by atoms with Crippen molar-refractivity contribution in [2.24, 2.45) is 4.99 Å². The lowest BCUT2D eigenvalue weighted by Crippen LogP contribution is -2.38. The maximum absolute atomic E-state index is 5.81. The van der Waals surface area contributed by atoms with Crippen molar-refractivity contribution in [3.05, 3.63) is 36.1 Å². The number of nitrogens with one attached hydrogen (secondary N) is 2. The van der Waals surface area contributed by atoms with Crippen molar-refractivity contribution in [3.63, 3.8) is 0 Å². The highest BCUT2D eigenvalue weighted by Crippen LogP contribution is 2.19. The Bertz CT molecular complexity index is 659. The number of fused-ring (bicyclic) bond motifs is 1. The number of rotatable bonds is 9. The molecule has 6 nitrogen and oxygen atoms in total. The lowest BCUT2D eigenvalue weighted by molar-refractivity contribution is 0.0168. The van der Waals surface area contributed by atoms with Crippen LogP contribution in [0.1, 0.15) is 31.9 Å². The molecule has 6 heteroatoms. The van der Waals surface area contributed by atoms with E-state index >= 15 is 0 Å². The number of nitrogens with zero attached hydrogens (tertiary/aromatic N) is 1. The molecule has 1 unspecified atom stereocenters. The highest BCUT2D eigenvalue weighted by atomic mass is 16.5. The summed E-state index contributed by atoms with van der Waals surface area (Å²) in [6, 6.07) is 10.1. The molecule has 2 aromatic rings. The van der Waals surface area contributed by atoms with Gasteiger partial charge >= 0.3 is 0 Å².